The van der Waals surface area contributed by atoms with E-state index in [4.69, 9.17) is 0 Å². The molecular formula is C17H27N3O4S2. The quantitative estimate of drug-likeness (QED) is 0.578. The second-order valence-electron chi connectivity index (χ2n) is 7.50. The van der Waals surface area contributed by atoms with Gasteiger partial charge in [0.1, 0.15) is 4.21 Å². The predicted octanol–water partition coefficient (Wildman–Crippen LogP) is 3.66. The Bertz CT molecular complexity index is 748. The number of nitrogens with zero attached hydrogens (tertiary/aromatic N) is 2. The van der Waals surface area contributed by atoms with Crippen molar-refractivity contribution in [3.63, 3.8) is 0 Å². The van der Waals surface area contributed by atoms with E-state index >= 15 is 0 Å². The van der Waals surface area contributed by atoms with Crippen LogP contribution in [0.2, 0.25) is 0 Å². The lowest BCUT2D eigenvalue weighted by Gasteiger charge is -2.48. The highest BCUT2D eigenvalue weighted by Crippen LogP contribution is 2.40. The summed E-state index contributed by atoms with van der Waals surface area (Å²) in [6, 6.07) is 1.18. The molecule has 2 heterocycles. The van der Waals surface area contributed by atoms with Gasteiger partial charge in [-0.25, -0.2) is 8.42 Å². The molecule has 7 nitrogen and oxygen atoms in total. The number of sulfone groups is 1. The van der Waals surface area contributed by atoms with E-state index in [9.17, 15) is 18.5 Å². The number of thiophene rings is 1. The van der Waals surface area contributed by atoms with Gasteiger partial charge in [0.05, 0.1) is 4.92 Å². The Morgan fingerprint density at radius 1 is 1.19 bits per heavy atom. The van der Waals surface area contributed by atoms with Crippen molar-refractivity contribution in [3.8, 4) is 0 Å². The summed E-state index contributed by atoms with van der Waals surface area (Å²) >= 11 is 0.969. The van der Waals surface area contributed by atoms with Crippen molar-refractivity contribution in [2.24, 2.45) is 0 Å². The molecule has 0 atom stereocenters. The van der Waals surface area contributed by atoms with Gasteiger partial charge in [0.25, 0.3) is 0 Å². The Labute approximate surface area is 158 Å². The molecule has 0 aromatic carbocycles. The van der Waals surface area contributed by atoms with E-state index in [1.165, 1.54) is 44.6 Å². The predicted molar refractivity (Wildman–Crippen MR) is 104 cm³/mol. The molecule has 1 aromatic rings. The zero-order valence-electron chi connectivity index (χ0n) is 15.2. The van der Waals surface area contributed by atoms with Crippen LogP contribution in [0.1, 0.15) is 51.4 Å². The SMILES string of the molecule is CS(=O)(=O)c1cc([N+](=O)[O-])c(NCC2(N3CCCCC3)CCCCC2)s1. The first-order chi connectivity index (χ1) is 12.3. The summed E-state index contributed by atoms with van der Waals surface area (Å²) in [6.07, 6.45) is 10.6. The molecule has 0 unspecified atom stereocenters. The summed E-state index contributed by atoms with van der Waals surface area (Å²) in [5.74, 6) is 0. The standard InChI is InChI=1S/C17H27N3O4S2/c1-26(23,24)15-12-14(20(21)22)16(25-15)18-13-17(8-4-2-5-9-17)19-10-6-3-7-11-19/h12,18H,2-11,13H2,1H3. The van der Waals surface area contributed by atoms with Crippen molar-refractivity contribution in [2.75, 3.05) is 31.2 Å². The van der Waals surface area contributed by atoms with Crippen molar-refractivity contribution in [3.05, 3.63) is 16.2 Å². The zero-order chi connectivity index (χ0) is 18.8. The lowest BCUT2D eigenvalue weighted by Crippen LogP contribution is -2.56. The smallest absolute Gasteiger partial charge is 0.304 e. The van der Waals surface area contributed by atoms with Crippen LogP contribution in [-0.4, -0.2) is 49.7 Å². The Morgan fingerprint density at radius 3 is 2.38 bits per heavy atom. The number of rotatable bonds is 6. The first-order valence-corrected chi connectivity index (χ1v) is 12.0. The van der Waals surface area contributed by atoms with Crippen LogP contribution in [0.3, 0.4) is 0 Å². The van der Waals surface area contributed by atoms with Crippen molar-refractivity contribution in [1.29, 1.82) is 0 Å². The van der Waals surface area contributed by atoms with Gasteiger partial charge in [-0.2, -0.15) is 0 Å². The van der Waals surface area contributed by atoms with Crippen LogP contribution >= 0.6 is 11.3 Å². The van der Waals surface area contributed by atoms with E-state index < -0.39 is 14.8 Å². The Hall–Kier alpha value is -1.19. The maximum atomic E-state index is 11.8. The van der Waals surface area contributed by atoms with E-state index in [0.29, 0.717) is 11.5 Å². The number of likely N-dealkylation sites (tertiary alicyclic amines) is 1. The summed E-state index contributed by atoms with van der Waals surface area (Å²) in [6.45, 7) is 2.81. The highest BCUT2D eigenvalue weighted by Gasteiger charge is 2.39. The average molecular weight is 402 g/mol. The van der Waals surface area contributed by atoms with Crippen molar-refractivity contribution < 1.29 is 13.3 Å². The molecule has 1 saturated carbocycles. The van der Waals surface area contributed by atoms with Crippen molar-refractivity contribution in [1.82, 2.24) is 4.90 Å². The van der Waals surface area contributed by atoms with Crippen LogP contribution in [0, 0.1) is 10.1 Å². The van der Waals surface area contributed by atoms with Gasteiger partial charge in [0.2, 0.25) is 0 Å². The van der Waals surface area contributed by atoms with Crippen molar-refractivity contribution in [2.45, 2.75) is 61.1 Å². The monoisotopic (exact) mass is 401 g/mol. The number of hydrogen-bond donors (Lipinski definition) is 1. The lowest BCUT2D eigenvalue weighted by atomic mass is 9.79. The number of nitro groups is 1. The molecule has 0 radical (unpaired) electrons. The summed E-state index contributed by atoms with van der Waals surface area (Å²) in [7, 11) is -3.45. The van der Waals surface area contributed by atoms with Crippen molar-refractivity contribution >= 4 is 31.9 Å². The summed E-state index contributed by atoms with van der Waals surface area (Å²) in [5.41, 5.74) is -0.109. The molecule has 1 aliphatic heterocycles. The third-order valence-electron chi connectivity index (χ3n) is 5.64. The molecule has 0 spiro atoms. The third kappa shape index (κ3) is 4.20. The zero-order valence-corrected chi connectivity index (χ0v) is 16.8. The molecule has 1 N–H and O–H groups in total. The van der Waals surface area contributed by atoms with Gasteiger partial charge in [-0.15, -0.1) is 0 Å². The molecular weight excluding hydrogens is 374 g/mol. The van der Waals surface area contributed by atoms with Gasteiger partial charge in [-0.3, -0.25) is 15.0 Å². The molecule has 1 aromatic heterocycles. The first kappa shape index (κ1) is 19.6. The molecule has 1 aliphatic carbocycles. The molecule has 26 heavy (non-hydrogen) atoms. The van der Waals surface area contributed by atoms with E-state index in [1.54, 1.807) is 0 Å². The molecule has 1 saturated heterocycles. The van der Waals surface area contributed by atoms with Crippen LogP contribution in [0.25, 0.3) is 0 Å². The van der Waals surface area contributed by atoms with Gasteiger partial charge >= 0.3 is 5.69 Å². The minimum atomic E-state index is -3.45. The largest absolute Gasteiger partial charge is 0.369 e. The molecule has 2 aliphatic rings. The van der Waals surface area contributed by atoms with Crippen LogP contribution in [0.4, 0.5) is 10.7 Å². The fraction of sp³-hybridized carbons (Fsp3) is 0.765. The second kappa shape index (κ2) is 7.82. The molecule has 9 heteroatoms. The van der Waals surface area contributed by atoms with E-state index in [1.807, 2.05) is 0 Å². The van der Waals surface area contributed by atoms with Gasteiger partial charge in [-0.05, 0) is 38.8 Å². The van der Waals surface area contributed by atoms with Gasteiger partial charge in [0, 0.05) is 24.4 Å². The number of nitrogens with one attached hydrogen (secondary N) is 1. The molecule has 2 fully saturated rings. The summed E-state index contributed by atoms with van der Waals surface area (Å²) in [5, 5.41) is 15.0. The number of piperidine rings is 1. The maximum absolute atomic E-state index is 11.8. The van der Waals surface area contributed by atoms with E-state index in [-0.39, 0.29) is 15.4 Å². The summed E-state index contributed by atoms with van der Waals surface area (Å²) in [4.78, 5) is 13.4. The van der Waals surface area contributed by atoms with Crippen LogP contribution < -0.4 is 5.32 Å². The minimum absolute atomic E-state index is 0.0295. The molecule has 3 rings (SSSR count). The lowest BCUT2D eigenvalue weighted by molar-refractivity contribution is -0.383. The molecule has 0 bridgehead atoms. The van der Waals surface area contributed by atoms with Crippen LogP contribution in [0.5, 0.6) is 0 Å². The van der Waals surface area contributed by atoms with Crippen LogP contribution in [0.15, 0.2) is 10.3 Å². The van der Waals surface area contributed by atoms with Crippen LogP contribution in [-0.2, 0) is 9.84 Å². The van der Waals surface area contributed by atoms with E-state index in [0.717, 1.165) is 43.5 Å². The van der Waals surface area contributed by atoms with Gasteiger partial charge in [0.15, 0.2) is 14.8 Å². The Morgan fingerprint density at radius 2 is 1.81 bits per heavy atom. The average Bonchev–Trinajstić information content (AvgIpc) is 3.07. The first-order valence-electron chi connectivity index (χ1n) is 9.29. The fourth-order valence-electron chi connectivity index (χ4n) is 4.23. The number of anilines is 1. The third-order valence-corrected chi connectivity index (χ3v) is 8.52. The minimum Gasteiger partial charge on any atom is -0.369 e. The van der Waals surface area contributed by atoms with Gasteiger partial charge < -0.3 is 5.32 Å². The second-order valence-corrected chi connectivity index (χ2v) is 10.8. The van der Waals surface area contributed by atoms with Gasteiger partial charge in [-0.1, -0.05) is 37.0 Å². The normalized spacial score (nSPS) is 21.4. The Balaban J connectivity index is 1.82. The topological polar surface area (TPSA) is 92.5 Å². The highest BCUT2D eigenvalue weighted by molar-refractivity contribution is 7.92. The van der Waals surface area contributed by atoms with E-state index in [2.05, 4.69) is 10.2 Å². The maximum Gasteiger partial charge on any atom is 0.304 e. The Kier molecular flexibility index (Phi) is 5.88. The molecule has 146 valence electrons. The number of hydrogen-bond acceptors (Lipinski definition) is 7. The summed E-state index contributed by atoms with van der Waals surface area (Å²) < 4.78 is 23.6. The molecule has 0 amide bonds. The fourth-order valence-corrected chi connectivity index (χ4v) is 6.17. The highest BCUT2D eigenvalue weighted by atomic mass is 32.2.